The molecule has 546 valence electrons. The lowest BCUT2D eigenvalue weighted by Crippen LogP contribution is -2.44. The van der Waals surface area contributed by atoms with E-state index in [4.69, 9.17) is 0 Å². The summed E-state index contributed by atoms with van der Waals surface area (Å²) in [4.78, 5) is 4.78. The second-order valence-electron chi connectivity index (χ2n) is 32.1. The van der Waals surface area contributed by atoms with E-state index in [1.807, 2.05) is 0 Å². The van der Waals surface area contributed by atoms with E-state index in [9.17, 15) is 0 Å². The van der Waals surface area contributed by atoms with Crippen LogP contribution in [-0.2, 0) is 21.7 Å². The monoisotopic (exact) mass is 1480 g/mol. The summed E-state index contributed by atoms with van der Waals surface area (Å²) >= 11 is 0. The quantitative estimate of drug-likeness (QED) is 0.114. The summed E-state index contributed by atoms with van der Waals surface area (Å²) in [6.07, 6.45) is 0. The first kappa shape index (κ1) is 68.4. The van der Waals surface area contributed by atoms with Crippen molar-refractivity contribution in [2.75, 3.05) is 9.80 Å². The van der Waals surface area contributed by atoms with Crippen LogP contribution < -0.4 is 9.80 Å². The second kappa shape index (κ2) is 27.2. The van der Waals surface area contributed by atoms with E-state index in [-0.39, 0.29) is 5.41 Å². The molecule has 0 N–H and O–H groups in total. The van der Waals surface area contributed by atoms with Crippen LogP contribution in [0.3, 0.4) is 0 Å². The van der Waals surface area contributed by atoms with E-state index in [1.165, 1.54) is 128 Å². The molecule has 18 aromatic rings. The van der Waals surface area contributed by atoms with Gasteiger partial charge in [-0.15, -0.1) is 0 Å². The Hall–Kier alpha value is -14.4. The molecule has 0 radical (unpaired) electrons. The van der Waals surface area contributed by atoms with Gasteiger partial charge in [0.1, 0.15) is 0 Å². The van der Waals surface area contributed by atoms with Crippen LogP contribution in [0, 0.1) is 0 Å². The molecule has 0 amide bonds. The number of fused-ring (bicyclic) bond motifs is 18. The molecule has 2 spiro atoms. The summed E-state index contributed by atoms with van der Waals surface area (Å²) in [7, 11) is 0. The molecular weight excluding hydrogens is 1400 g/mol. The smallest absolute Gasteiger partial charge is 0.0720 e. The molecule has 0 aromatic heterocycles. The fourth-order valence-electron chi connectivity index (χ4n) is 20.8. The molecule has 0 saturated carbocycles. The van der Waals surface area contributed by atoms with Crippen molar-refractivity contribution in [1.29, 1.82) is 0 Å². The Morgan fingerprint density at radius 2 is 0.388 bits per heavy atom. The maximum atomic E-state index is 2.51. The molecular formula is C114H80N2. The van der Waals surface area contributed by atoms with Crippen LogP contribution in [0.1, 0.15) is 91.7 Å². The Morgan fingerprint density at radius 1 is 0.147 bits per heavy atom. The number of para-hydroxylation sites is 1. The standard InChI is InChI=1S/C114H80N2/c1-111(2)101-45-19-21-47-103(101)113(104-48-22-20-46-102(104)111)99-43-17-15-41-95(99)97-71-61-85(75-109(97)113)81-59-69-93(70-60-81)116(92-63-53-78(54-64-92)77-29-7-3-8-30-77)94-40-28-33-84(74-94)83-32-27-31-82(73-83)79-55-65-90(66-56-79)115(89-38-13-6-14-39-89)91-67-57-80(58-68-91)86-62-72-98-96-42-16-18-44-100(96)114(110(98)76-86)107-51-25-23-49-105(107)112(87-34-9-4-10-35-87,88-36-11-5-12-37-88)106-50-24-26-52-108(106)114/h3-76H,1-2H3. The van der Waals surface area contributed by atoms with Gasteiger partial charge in [0.15, 0.2) is 0 Å². The lowest BCUT2D eigenvalue weighted by Gasteiger charge is -2.50. The van der Waals surface area contributed by atoms with Crippen LogP contribution in [-0.4, -0.2) is 0 Å². The highest BCUT2D eigenvalue weighted by Gasteiger charge is 2.57. The van der Waals surface area contributed by atoms with Crippen molar-refractivity contribution >= 4 is 34.1 Å². The van der Waals surface area contributed by atoms with Gasteiger partial charge in [0.25, 0.3) is 0 Å². The van der Waals surface area contributed by atoms with Crippen molar-refractivity contribution in [3.05, 3.63) is 527 Å². The summed E-state index contributed by atoms with van der Waals surface area (Å²) in [6, 6.07) is 168. The van der Waals surface area contributed by atoms with Crippen molar-refractivity contribution in [2.24, 2.45) is 0 Å². The highest BCUT2D eigenvalue weighted by atomic mass is 15.1. The van der Waals surface area contributed by atoms with Crippen LogP contribution in [0.25, 0.3) is 77.9 Å². The van der Waals surface area contributed by atoms with Gasteiger partial charge in [-0.1, -0.05) is 372 Å². The van der Waals surface area contributed by atoms with Crippen molar-refractivity contribution in [1.82, 2.24) is 0 Å². The molecule has 22 rings (SSSR count). The zero-order valence-electron chi connectivity index (χ0n) is 64.6. The zero-order valence-corrected chi connectivity index (χ0v) is 64.6. The zero-order chi connectivity index (χ0) is 77.1. The number of rotatable bonds is 13. The molecule has 0 aliphatic heterocycles. The molecule has 0 heterocycles. The Kier molecular flexibility index (Phi) is 16.0. The van der Waals surface area contributed by atoms with Crippen LogP contribution >= 0.6 is 0 Å². The first-order valence-corrected chi connectivity index (χ1v) is 40.6. The minimum absolute atomic E-state index is 0.169. The number of hydrogen-bond donors (Lipinski definition) is 0. The van der Waals surface area contributed by atoms with Crippen molar-refractivity contribution in [2.45, 2.75) is 35.5 Å². The lowest BCUT2D eigenvalue weighted by molar-refractivity contribution is 0.563. The Bertz CT molecular complexity index is 6680. The van der Waals surface area contributed by atoms with E-state index < -0.39 is 16.2 Å². The average Bonchev–Trinajstić information content (AvgIpc) is 1.41. The third kappa shape index (κ3) is 10.4. The molecule has 2 heteroatoms. The van der Waals surface area contributed by atoms with E-state index in [1.54, 1.807) is 0 Å². The van der Waals surface area contributed by atoms with Crippen LogP contribution in [0.4, 0.5) is 34.1 Å². The molecule has 0 bridgehead atoms. The van der Waals surface area contributed by atoms with Crippen LogP contribution in [0.5, 0.6) is 0 Å². The van der Waals surface area contributed by atoms with E-state index in [2.05, 4.69) is 473 Å². The lowest BCUT2D eigenvalue weighted by atomic mass is 9.51. The van der Waals surface area contributed by atoms with Gasteiger partial charge in [-0.05, 0) is 247 Å². The summed E-state index contributed by atoms with van der Waals surface area (Å²) in [5, 5.41) is 0. The predicted molar refractivity (Wildman–Crippen MR) is 482 cm³/mol. The fraction of sp³-hybridized carbons (Fsp3) is 0.0526. The molecule has 0 atom stereocenters. The number of hydrogen-bond acceptors (Lipinski definition) is 2. The third-order valence-electron chi connectivity index (χ3n) is 25.9. The first-order valence-electron chi connectivity index (χ1n) is 40.6. The van der Waals surface area contributed by atoms with Gasteiger partial charge in [-0.25, -0.2) is 0 Å². The largest absolute Gasteiger partial charge is 0.311 e. The Balaban J connectivity index is 0.583. The normalized spacial score (nSPS) is 14.1. The van der Waals surface area contributed by atoms with Gasteiger partial charge in [-0.2, -0.15) is 0 Å². The van der Waals surface area contributed by atoms with Crippen LogP contribution in [0.2, 0.25) is 0 Å². The van der Waals surface area contributed by atoms with Crippen molar-refractivity contribution < 1.29 is 0 Å². The molecule has 18 aromatic carbocycles. The maximum absolute atomic E-state index is 2.51. The molecule has 116 heavy (non-hydrogen) atoms. The summed E-state index contributed by atoms with van der Waals surface area (Å²) in [6.45, 7) is 4.79. The molecule has 4 aliphatic rings. The van der Waals surface area contributed by atoms with Gasteiger partial charge >= 0.3 is 0 Å². The highest BCUT2D eigenvalue weighted by molar-refractivity contribution is 5.94. The SMILES string of the molecule is CC1(C)c2ccccc2C2(c3ccccc3-c3ccc(-c4ccc(N(c5ccc(-c6ccccc6)cc5)c5cccc(-c6cccc(-c7ccc(N(c8ccccc8)c8ccc(-c9ccc%10c(c9)C9(c%11ccccc%11-%10)c%10ccccc%10C(c%10ccccc%10)(c%10ccccc%10)c%10ccccc%109)cc8)cc7)c6)c5)cc4)cc32)c2ccccc21. The minimum atomic E-state index is -0.595. The summed E-state index contributed by atoms with van der Waals surface area (Å²) in [5.41, 5.74) is 39.9. The fourth-order valence-corrected chi connectivity index (χ4v) is 20.8. The van der Waals surface area contributed by atoms with Gasteiger partial charge < -0.3 is 9.80 Å². The molecule has 4 aliphatic carbocycles. The van der Waals surface area contributed by atoms with Gasteiger partial charge in [-0.3, -0.25) is 0 Å². The van der Waals surface area contributed by atoms with Gasteiger partial charge in [0.05, 0.1) is 16.2 Å². The topological polar surface area (TPSA) is 6.48 Å². The minimum Gasteiger partial charge on any atom is -0.311 e. The maximum Gasteiger partial charge on any atom is 0.0720 e. The van der Waals surface area contributed by atoms with E-state index in [0.717, 1.165) is 61.9 Å². The Morgan fingerprint density at radius 3 is 0.802 bits per heavy atom. The second-order valence-corrected chi connectivity index (χ2v) is 32.1. The van der Waals surface area contributed by atoms with E-state index >= 15 is 0 Å². The molecule has 0 unspecified atom stereocenters. The molecule has 2 nitrogen and oxygen atoms in total. The number of nitrogens with zero attached hydrogens (tertiary/aromatic N) is 2. The summed E-state index contributed by atoms with van der Waals surface area (Å²) < 4.78 is 0. The predicted octanol–water partition coefficient (Wildman–Crippen LogP) is 29.0. The van der Waals surface area contributed by atoms with Gasteiger partial charge in [0, 0.05) is 39.5 Å². The number of benzene rings is 18. The first-order chi connectivity index (χ1) is 57.3. The highest BCUT2D eigenvalue weighted by Crippen LogP contribution is 2.66. The Labute approximate surface area is 679 Å². The molecule has 0 fully saturated rings. The molecule has 0 saturated heterocycles. The van der Waals surface area contributed by atoms with Crippen LogP contribution in [0.15, 0.2) is 449 Å². The number of anilines is 6. The van der Waals surface area contributed by atoms with Crippen molar-refractivity contribution in [3.63, 3.8) is 0 Å². The summed E-state index contributed by atoms with van der Waals surface area (Å²) in [5.74, 6) is 0. The average molecular weight is 1480 g/mol. The van der Waals surface area contributed by atoms with Crippen molar-refractivity contribution in [3.8, 4) is 77.9 Å². The van der Waals surface area contributed by atoms with E-state index in [0.29, 0.717) is 0 Å². The van der Waals surface area contributed by atoms with Gasteiger partial charge in [0.2, 0.25) is 0 Å². The third-order valence-corrected chi connectivity index (χ3v) is 25.9.